The Labute approximate surface area is 153 Å². The van der Waals surface area contributed by atoms with Crippen molar-refractivity contribution in [3.05, 3.63) is 58.6 Å². The van der Waals surface area contributed by atoms with Gasteiger partial charge in [0.2, 0.25) is 0 Å². The van der Waals surface area contributed by atoms with Crippen LogP contribution in [0.25, 0.3) is 0 Å². The van der Waals surface area contributed by atoms with Crippen LogP contribution in [0.3, 0.4) is 0 Å². The first-order valence-corrected chi connectivity index (χ1v) is 8.47. The lowest BCUT2D eigenvalue weighted by molar-refractivity contribution is 0.0952. The molecule has 2 rings (SSSR count). The van der Waals surface area contributed by atoms with Gasteiger partial charge in [-0.25, -0.2) is 0 Å². The number of nitrogens with one attached hydrogen (secondary N) is 2. The van der Waals surface area contributed by atoms with Crippen LogP contribution in [0.2, 0.25) is 5.02 Å². The molecule has 2 amide bonds. The molecule has 0 fully saturated rings. The van der Waals surface area contributed by atoms with E-state index in [0.29, 0.717) is 28.4 Å². The number of rotatable bonds is 6. The second-order valence-electron chi connectivity index (χ2n) is 5.82. The normalized spacial score (nSPS) is 10.2. The van der Waals surface area contributed by atoms with Crippen molar-refractivity contribution in [2.75, 3.05) is 30.9 Å². The van der Waals surface area contributed by atoms with Gasteiger partial charge in [0.05, 0.1) is 16.1 Å². The number of anilines is 2. The Kier molecular flexibility index (Phi) is 6.42. The third-order valence-electron chi connectivity index (χ3n) is 3.63. The molecule has 0 saturated heterocycles. The standard InChI is InChI=1S/C19H22ClN3O2/c1-4-11-21-18(24)15-12-13(9-10-17(15)23(2)3)22-19(25)14-7-5-6-8-16(14)20/h5-10,12H,4,11H2,1-3H3,(H,21,24)(H,22,25). The van der Waals surface area contributed by atoms with Gasteiger partial charge >= 0.3 is 0 Å². The predicted octanol–water partition coefficient (Wildman–Crippen LogP) is 3.80. The Hall–Kier alpha value is -2.53. The number of amides is 2. The molecule has 2 aromatic carbocycles. The average Bonchev–Trinajstić information content (AvgIpc) is 2.59. The first-order valence-electron chi connectivity index (χ1n) is 8.09. The molecule has 2 N–H and O–H groups in total. The van der Waals surface area contributed by atoms with Gasteiger partial charge in [-0.3, -0.25) is 9.59 Å². The molecule has 0 aliphatic carbocycles. The molecule has 0 aromatic heterocycles. The van der Waals surface area contributed by atoms with Crippen molar-refractivity contribution in [1.29, 1.82) is 0 Å². The van der Waals surface area contributed by atoms with Crippen molar-refractivity contribution in [1.82, 2.24) is 5.32 Å². The Morgan fingerprint density at radius 2 is 1.76 bits per heavy atom. The van der Waals surface area contributed by atoms with Gasteiger partial charge in [-0.1, -0.05) is 30.7 Å². The topological polar surface area (TPSA) is 61.4 Å². The minimum Gasteiger partial charge on any atom is -0.377 e. The average molecular weight is 360 g/mol. The van der Waals surface area contributed by atoms with Crippen LogP contribution in [0, 0.1) is 0 Å². The van der Waals surface area contributed by atoms with E-state index in [1.54, 1.807) is 36.4 Å². The molecule has 0 spiro atoms. The summed E-state index contributed by atoms with van der Waals surface area (Å²) in [5, 5.41) is 6.04. The van der Waals surface area contributed by atoms with Crippen molar-refractivity contribution in [3.8, 4) is 0 Å². The molecular formula is C19H22ClN3O2. The van der Waals surface area contributed by atoms with Crippen molar-refractivity contribution in [2.45, 2.75) is 13.3 Å². The van der Waals surface area contributed by atoms with Gasteiger partial charge in [-0.05, 0) is 36.8 Å². The van der Waals surface area contributed by atoms with E-state index in [0.717, 1.165) is 12.1 Å². The zero-order valence-electron chi connectivity index (χ0n) is 14.6. The molecular weight excluding hydrogens is 338 g/mol. The number of nitrogens with zero attached hydrogens (tertiary/aromatic N) is 1. The minimum absolute atomic E-state index is 0.167. The van der Waals surface area contributed by atoms with E-state index in [2.05, 4.69) is 10.6 Å². The molecule has 2 aromatic rings. The second-order valence-corrected chi connectivity index (χ2v) is 6.22. The van der Waals surface area contributed by atoms with Crippen LogP contribution < -0.4 is 15.5 Å². The molecule has 0 heterocycles. The maximum Gasteiger partial charge on any atom is 0.257 e. The van der Waals surface area contributed by atoms with Crippen LogP contribution in [0.15, 0.2) is 42.5 Å². The largest absolute Gasteiger partial charge is 0.377 e. The van der Waals surface area contributed by atoms with E-state index in [-0.39, 0.29) is 11.8 Å². The zero-order valence-corrected chi connectivity index (χ0v) is 15.4. The first kappa shape index (κ1) is 18.8. The lowest BCUT2D eigenvalue weighted by Gasteiger charge is -2.18. The maximum absolute atomic E-state index is 12.4. The number of carbonyl (C=O) groups excluding carboxylic acids is 2. The number of benzene rings is 2. The fourth-order valence-corrected chi connectivity index (χ4v) is 2.58. The maximum atomic E-state index is 12.4. The monoisotopic (exact) mass is 359 g/mol. The molecule has 0 aliphatic heterocycles. The fraction of sp³-hybridized carbons (Fsp3) is 0.263. The number of hydrogen-bond acceptors (Lipinski definition) is 3. The van der Waals surface area contributed by atoms with Gasteiger partial charge in [0.15, 0.2) is 0 Å². The Bertz CT molecular complexity index is 775. The summed E-state index contributed by atoms with van der Waals surface area (Å²) in [5.74, 6) is -0.484. The summed E-state index contributed by atoms with van der Waals surface area (Å²) >= 11 is 6.06. The molecule has 0 radical (unpaired) electrons. The molecule has 0 unspecified atom stereocenters. The van der Waals surface area contributed by atoms with E-state index in [1.165, 1.54) is 0 Å². The summed E-state index contributed by atoms with van der Waals surface area (Å²) in [5.41, 5.74) is 2.22. The molecule has 0 bridgehead atoms. The van der Waals surface area contributed by atoms with Gasteiger partial charge in [0.25, 0.3) is 11.8 Å². The van der Waals surface area contributed by atoms with Gasteiger partial charge < -0.3 is 15.5 Å². The lowest BCUT2D eigenvalue weighted by Crippen LogP contribution is -2.26. The molecule has 0 aliphatic rings. The Morgan fingerprint density at radius 1 is 1.04 bits per heavy atom. The summed E-state index contributed by atoms with van der Waals surface area (Å²) in [6.45, 7) is 2.59. The molecule has 5 nitrogen and oxygen atoms in total. The van der Waals surface area contributed by atoms with Gasteiger partial charge in [-0.2, -0.15) is 0 Å². The lowest BCUT2D eigenvalue weighted by atomic mass is 10.1. The van der Waals surface area contributed by atoms with Gasteiger partial charge in [0.1, 0.15) is 0 Å². The van der Waals surface area contributed by atoms with Crippen LogP contribution in [-0.4, -0.2) is 32.5 Å². The highest BCUT2D eigenvalue weighted by Gasteiger charge is 2.15. The van der Waals surface area contributed by atoms with Crippen LogP contribution >= 0.6 is 11.6 Å². The van der Waals surface area contributed by atoms with Crippen molar-refractivity contribution >= 4 is 34.8 Å². The fourth-order valence-electron chi connectivity index (χ4n) is 2.36. The number of hydrogen-bond donors (Lipinski definition) is 2. The molecule has 25 heavy (non-hydrogen) atoms. The summed E-state index contributed by atoms with van der Waals surface area (Å²) in [6.07, 6.45) is 0.853. The van der Waals surface area contributed by atoms with Crippen molar-refractivity contribution < 1.29 is 9.59 Å². The Morgan fingerprint density at radius 3 is 2.40 bits per heavy atom. The second kappa shape index (κ2) is 8.53. The zero-order chi connectivity index (χ0) is 18.4. The van der Waals surface area contributed by atoms with E-state index < -0.39 is 0 Å². The molecule has 0 atom stereocenters. The summed E-state index contributed by atoms with van der Waals surface area (Å²) in [7, 11) is 3.74. The molecule has 6 heteroatoms. The first-order chi connectivity index (χ1) is 11.9. The third kappa shape index (κ3) is 4.73. The highest BCUT2D eigenvalue weighted by molar-refractivity contribution is 6.34. The SMILES string of the molecule is CCCNC(=O)c1cc(NC(=O)c2ccccc2Cl)ccc1N(C)C. The van der Waals surface area contributed by atoms with E-state index in [1.807, 2.05) is 32.0 Å². The van der Waals surface area contributed by atoms with Crippen LogP contribution in [0.5, 0.6) is 0 Å². The molecule has 0 saturated carbocycles. The Balaban J connectivity index is 2.28. The number of carbonyl (C=O) groups is 2. The summed E-state index contributed by atoms with van der Waals surface area (Å²) in [4.78, 5) is 26.7. The van der Waals surface area contributed by atoms with Crippen LogP contribution in [0.4, 0.5) is 11.4 Å². The highest BCUT2D eigenvalue weighted by atomic mass is 35.5. The van der Waals surface area contributed by atoms with Gasteiger partial charge in [-0.15, -0.1) is 0 Å². The smallest absolute Gasteiger partial charge is 0.257 e. The molecule has 132 valence electrons. The van der Waals surface area contributed by atoms with Crippen molar-refractivity contribution in [3.63, 3.8) is 0 Å². The van der Waals surface area contributed by atoms with Gasteiger partial charge in [0, 0.05) is 32.0 Å². The van der Waals surface area contributed by atoms with E-state index in [9.17, 15) is 9.59 Å². The quantitative estimate of drug-likeness (QED) is 0.824. The van der Waals surface area contributed by atoms with E-state index in [4.69, 9.17) is 11.6 Å². The summed E-state index contributed by atoms with van der Waals surface area (Å²) < 4.78 is 0. The van der Waals surface area contributed by atoms with Crippen molar-refractivity contribution in [2.24, 2.45) is 0 Å². The van der Waals surface area contributed by atoms with E-state index >= 15 is 0 Å². The van der Waals surface area contributed by atoms with Crippen LogP contribution in [0.1, 0.15) is 34.1 Å². The number of halogens is 1. The third-order valence-corrected chi connectivity index (χ3v) is 3.96. The summed E-state index contributed by atoms with van der Waals surface area (Å²) in [6, 6.07) is 12.1. The predicted molar refractivity (Wildman–Crippen MR) is 103 cm³/mol. The highest BCUT2D eigenvalue weighted by Crippen LogP contribution is 2.24. The minimum atomic E-state index is -0.317. The van der Waals surface area contributed by atoms with Crippen LogP contribution in [-0.2, 0) is 0 Å².